The average Bonchev–Trinajstić information content (AvgIpc) is 2.65. The van der Waals surface area contributed by atoms with Crippen molar-refractivity contribution in [3.05, 3.63) is 21.9 Å². The molecule has 1 aliphatic carbocycles. The molecule has 1 heterocycles. The first-order chi connectivity index (χ1) is 7.14. The summed E-state index contributed by atoms with van der Waals surface area (Å²) in [6.07, 6.45) is 5.58. The Morgan fingerprint density at radius 3 is 2.93 bits per heavy atom. The molecule has 15 heavy (non-hydrogen) atoms. The summed E-state index contributed by atoms with van der Waals surface area (Å²) in [5.74, 6) is 0.714. The first-order valence-electron chi connectivity index (χ1n) is 5.93. The topological polar surface area (TPSA) is 20.2 Å². The molecule has 0 aliphatic heterocycles. The summed E-state index contributed by atoms with van der Waals surface area (Å²) in [6, 6.07) is 4.23. The Labute approximate surface area is 96.1 Å². The molecule has 2 unspecified atom stereocenters. The van der Waals surface area contributed by atoms with Crippen molar-refractivity contribution in [2.45, 2.75) is 51.6 Å². The molecule has 1 nitrogen and oxygen atoms in total. The highest BCUT2D eigenvalue weighted by atomic mass is 32.1. The van der Waals surface area contributed by atoms with Crippen LogP contribution in [0.5, 0.6) is 0 Å². The minimum atomic E-state index is -0.516. The highest BCUT2D eigenvalue weighted by molar-refractivity contribution is 7.12. The number of hydrogen-bond donors (Lipinski definition) is 1. The van der Waals surface area contributed by atoms with Crippen molar-refractivity contribution in [1.82, 2.24) is 0 Å². The lowest BCUT2D eigenvalue weighted by Crippen LogP contribution is -2.31. The minimum Gasteiger partial charge on any atom is -0.384 e. The second-order valence-corrected chi connectivity index (χ2v) is 6.10. The van der Waals surface area contributed by atoms with Crippen LogP contribution in [-0.2, 0) is 5.60 Å². The molecule has 1 aromatic rings. The third-order valence-corrected chi connectivity index (χ3v) is 4.80. The summed E-state index contributed by atoms with van der Waals surface area (Å²) in [6.45, 7) is 4.34. The molecule has 2 atom stereocenters. The van der Waals surface area contributed by atoms with E-state index in [0.29, 0.717) is 5.92 Å². The molecule has 1 aromatic heterocycles. The van der Waals surface area contributed by atoms with Gasteiger partial charge in [-0.15, -0.1) is 11.3 Å². The molecular weight excluding hydrogens is 204 g/mol. The second kappa shape index (κ2) is 4.26. The molecule has 0 amide bonds. The van der Waals surface area contributed by atoms with Gasteiger partial charge in [0.2, 0.25) is 0 Å². The number of aliphatic hydroxyl groups is 1. The molecule has 0 spiro atoms. The monoisotopic (exact) mass is 224 g/mol. The van der Waals surface area contributed by atoms with Gasteiger partial charge in [-0.05, 0) is 44.2 Å². The van der Waals surface area contributed by atoms with Crippen LogP contribution in [0.4, 0.5) is 0 Å². The zero-order valence-electron chi connectivity index (χ0n) is 9.62. The summed E-state index contributed by atoms with van der Waals surface area (Å²) in [5, 5.41) is 10.7. The van der Waals surface area contributed by atoms with E-state index in [4.69, 9.17) is 0 Å². The van der Waals surface area contributed by atoms with Crippen LogP contribution in [0.15, 0.2) is 12.1 Å². The van der Waals surface area contributed by atoms with Gasteiger partial charge in [0.25, 0.3) is 0 Å². The van der Waals surface area contributed by atoms with Crippen molar-refractivity contribution in [2.75, 3.05) is 0 Å². The molecule has 1 aliphatic rings. The van der Waals surface area contributed by atoms with Crippen molar-refractivity contribution in [1.29, 1.82) is 0 Å². The lowest BCUT2D eigenvalue weighted by atomic mass is 9.76. The Morgan fingerprint density at radius 2 is 2.33 bits per heavy atom. The largest absolute Gasteiger partial charge is 0.384 e. The third kappa shape index (κ3) is 2.26. The van der Waals surface area contributed by atoms with E-state index >= 15 is 0 Å². The van der Waals surface area contributed by atoms with Gasteiger partial charge in [-0.1, -0.05) is 19.8 Å². The van der Waals surface area contributed by atoms with Crippen LogP contribution >= 0.6 is 11.3 Å². The van der Waals surface area contributed by atoms with Gasteiger partial charge < -0.3 is 5.11 Å². The summed E-state index contributed by atoms with van der Waals surface area (Å²) in [4.78, 5) is 2.48. The van der Waals surface area contributed by atoms with E-state index in [0.717, 1.165) is 12.8 Å². The van der Waals surface area contributed by atoms with E-state index in [2.05, 4.69) is 26.0 Å². The molecule has 1 N–H and O–H groups in total. The fraction of sp³-hybridized carbons (Fsp3) is 0.692. The van der Waals surface area contributed by atoms with Gasteiger partial charge in [-0.25, -0.2) is 0 Å². The van der Waals surface area contributed by atoms with Gasteiger partial charge in [-0.3, -0.25) is 0 Å². The van der Waals surface area contributed by atoms with Gasteiger partial charge in [0.05, 0.1) is 5.60 Å². The van der Waals surface area contributed by atoms with Gasteiger partial charge in [0, 0.05) is 9.75 Å². The SMILES string of the molecule is CCC1CCCC(O)(c2ccc(C)s2)C1. The highest BCUT2D eigenvalue weighted by Crippen LogP contribution is 2.43. The van der Waals surface area contributed by atoms with Gasteiger partial charge in [0.15, 0.2) is 0 Å². The predicted molar refractivity (Wildman–Crippen MR) is 65.2 cm³/mol. The molecule has 1 saturated carbocycles. The Morgan fingerprint density at radius 1 is 1.53 bits per heavy atom. The van der Waals surface area contributed by atoms with E-state index in [-0.39, 0.29) is 0 Å². The van der Waals surface area contributed by atoms with Crippen LogP contribution in [0.2, 0.25) is 0 Å². The lowest BCUT2D eigenvalue weighted by Gasteiger charge is -2.35. The second-order valence-electron chi connectivity index (χ2n) is 4.81. The molecule has 0 radical (unpaired) electrons. The van der Waals surface area contributed by atoms with Crippen LogP contribution in [0.1, 0.15) is 48.8 Å². The minimum absolute atomic E-state index is 0.516. The van der Waals surface area contributed by atoms with Gasteiger partial charge >= 0.3 is 0 Å². The molecule has 0 aromatic carbocycles. The standard InChI is InChI=1S/C13H20OS/c1-3-11-5-4-8-13(14,9-11)12-7-6-10(2)15-12/h6-7,11,14H,3-5,8-9H2,1-2H3. The Kier molecular flexibility index (Phi) is 3.17. The van der Waals surface area contributed by atoms with Crippen molar-refractivity contribution < 1.29 is 5.11 Å². The normalized spacial score (nSPS) is 31.8. The Balaban J connectivity index is 2.18. The zero-order chi connectivity index (χ0) is 10.9. The van der Waals surface area contributed by atoms with Crippen LogP contribution in [0, 0.1) is 12.8 Å². The highest BCUT2D eigenvalue weighted by Gasteiger charge is 2.36. The maximum atomic E-state index is 10.7. The predicted octanol–water partition coefficient (Wildman–Crippen LogP) is 3.84. The third-order valence-electron chi connectivity index (χ3n) is 3.61. The molecule has 0 bridgehead atoms. The molecule has 1 fully saturated rings. The number of aryl methyl sites for hydroxylation is 1. The first-order valence-corrected chi connectivity index (χ1v) is 6.75. The van der Waals surface area contributed by atoms with Crippen molar-refractivity contribution in [2.24, 2.45) is 5.92 Å². The van der Waals surface area contributed by atoms with Crippen LogP contribution in [0.3, 0.4) is 0 Å². The smallest absolute Gasteiger partial charge is 0.0990 e. The quantitative estimate of drug-likeness (QED) is 0.809. The van der Waals surface area contributed by atoms with Gasteiger partial charge in [-0.2, -0.15) is 0 Å². The van der Waals surface area contributed by atoms with Crippen LogP contribution in [-0.4, -0.2) is 5.11 Å². The molecule has 84 valence electrons. The fourth-order valence-electron chi connectivity index (χ4n) is 2.62. The molecular formula is C13H20OS. The summed E-state index contributed by atoms with van der Waals surface area (Å²) >= 11 is 1.76. The molecule has 2 rings (SSSR count). The lowest BCUT2D eigenvalue weighted by molar-refractivity contribution is -0.0185. The number of rotatable bonds is 2. The summed E-state index contributed by atoms with van der Waals surface area (Å²) in [7, 11) is 0. The van der Waals surface area contributed by atoms with Crippen molar-refractivity contribution >= 4 is 11.3 Å². The van der Waals surface area contributed by atoms with E-state index in [1.165, 1.54) is 29.0 Å². The Bertz CT molecular complexity index is 331. The fourth-order valence-corrected chi connectivity index (χ4v) is 3.62. The maximum Gasteiger partial charge on any atom is 0.0990 e. The summed E-state index contributed by atoms with van der Waals surface area (Å²) in [5.41, 5.74) is -0.516. The van der Waals surface area contributed by atoms with E-state index < -0.39 is 5.60 Å². The number of hydrogen-bond acceptors (Lipinski definition) is 2. The van der Waals surface area contributed by atoms with Crippen LogP contribution in [0.25, 0.3) is 0 Å². The van der Waals surface area contributed by atoms with E-state index in [9.17, 15) is 5.11 Å². The zero-order valence-corrected chi connectivity index (χ0v) is 10.4. The molecule has 2 heteroatoms. The maximum absolute atomic E-state index is 10.7. The van der Waals surface area contributed by atoms with E-state index in [1.54, 1.807) is 11.3 Å². The number of thiophene rings is 1. The van der Waals surface area contributed by atoms with Crippen molar-refractivity contribution in [3.63, 3.8) is 0 Å². The first kappa shape index (κ1) is 11.2. The average molecular weight is 224 g/mol. The van der Waals surface area contributed by atoms with E-state index in [1.807, 2.05) is 0 Å². The Hall–Kier alpha value is -0.340. The van der Waals surface area contributed by atoms with Gasteiger partial charge in [0.1, 0.15) is 0 Å². The summed E-state index contributed by atoms with van der Waals surface area (Å²) < 4.78 is 0. The van der Waals surface area contributed by atoms with Crippen LogP contribution < -0.4 is 0 Å². The van der Waals surface area contributed by atoms with Crippen molar-refractivity contribution in [3.8, 4) is 0 Å². The molecule has 0 saturated heterocycles.